The molecule has 108 valence electrons. The predicted molar refractivity (Wildman–Crippen MR) is 89.0 cm³/mol. The molecule has 0 spiro atoms. The van der Waals surface area contributed by atoms with Crippen molar-refractivity contribution in [1.82, 2.24) is 0 Å². The van der Waals surface area contributed by atoms with Crippen molar-refractivity contribution in [2.24, 2.45) is 17.6 Å². The minimum absolute atomic E-state index is 0.214. The molecule has 3 unspecified atom stereocenters. The molecule has 20 heavy (non-hydrogen) atoms. The maximum atomic E-state index is 6.60. The van der Waals surface area contributed by atoms with Crippen LogP contribution in [0.5, 0.6) is 0 Å². The van der Waals surface area contributed by atoms with Gasteiger partial charge in [-0.3, -0.25) is 0 Å². The minimum atomic E-state index is 0.214. The van der Waals surface area contributed by atoms with Crippen molar-refractivity contribution in [2.75, 3.05) is 0 Å². The minimum Gasteiger partial charge on any atom is -0.327 e. The summed E-state index contributed by atoms with van der Waals surface area (Å²) in [6.07, 6.45) is 1.13. The fraction of sp³-hybridized carbons (Fsp3) is 0.474. The van der Waals surface area contributed by atoms with Crippen LogP contribution in [0.15, 0.2) is 42.5 Å². The third-order valence-corrected chi connectivity index (χ3v) is 4.62. The van der Waals surface area contributed by atoms with Crippen LogP contribution in [0.4, 0.5) is 0 Å². The van der Waals surface area contributed by atoms with Gasteiger partial charge in [-0.15, -0.1) is 0 Å². The Bertz CT molecular complexity index is 553. The highest BCUT2D eigenvalue weighted by Gasteiger charge is 2.27. The van der Waals surface area contributed by atoms with Gasteiger partial charge in [-0.2, -0.15) is 0 Å². The van der Waals surface area contributed by atoms with Crippen LogP contribution >= 0.6 is 0 Å². The van der Waals surface area contributed by atoms with Crippen molar-refractivity contribution in [3.05, 3.63) is 48.0 Å². The fourth-order valence-electron chi connectivity index (χ4n) is 3.18. The van der Waals surface area contributed by atoms with Crippen molar-refractivity contribution in [3.8, 4) is 0 Å². The Labute approximate surface area is 123 Å². The lowest BCUT2D eigenvalue weighted by Gasteiger charge is -2.32. The highest BCUT2D eigenvalue weighted by Crippen LogP contribution is 2.35. The molecule has 2 rings (SSSR count). The van der Waals surface area contributed by atoms with E-state index in [2.05, 4.69) is 70.2 Å². The van der Waals surface area contributed by atoms with Gasteiger partial charge in [-0.25, -0.2) is 0 Å². The normalized spacial score (nSPS) is 16.3. The molecule has 1 nitrogen and oxygen atoms in total. The summed E-state index contributed by atoms with van der Waals surface area (Å²) in [5.74, 6) is 1.50. The van der Waals surface area contributed by atoms with Crippen LogP contribution in [0.2, 0.25) is 0 Å². The summed E-state index contributed by atoms with van der Waals surface area (Å²) in [4.78, 5) is 0. The Kier molecular flexibility index (Phi) is 4.82. The van der Waals surface area contributed by atoms with E-state index < -0.39 is 0 Å². The first kappa shape index (κ1) is 15.1. The summed E-state index contributed by atoms with van der Waals surface area (Å²) in [6.45, 7) is 9.07. The Balaban J connectivity index is 2.52. The smallest absolute Gasteiger partial charge is 0.0136 e. The molecule has 0 bridgehead atoms. The summed E-state index contributed by atoms with van der Waals surface area (Å²) in [7, 11) is 0. The second kappa shape index (κ2) is 6.41. The Hall–Kier alpha value is -1.34. The Morgan fingerprint density at radius 1 is 0.950 bits per heavy atom. The molecule has 0 aliphatic rings. The van der Waals surface area contributed by atoms with Crippen molar-refractivity contribution < 1.29 is 0 Å². The molecule has 0 radical (unpaired) electrons. The third kappa shape index (κ3) is 2.88. The number of nitrogens with two attached hydrogens (primary N) is 1. The largest absolute Gasteiger partial charge is 0.327 e. The van der Waals surface area contributed by atoms with E-state index >= 15 is 0 Å². The fourth-order valence-corrected chi connectivity index (χ4v) is 3.18. The number of fused-ring (bicyclic) bond motifs is 1. The molecule has 3 atom stereocenters. The second-order valence-electron chi connectivity index (χ2n) is 6.30. The van der Waals surface area contributed by atoms with E-state index in [1.54, 1.807) is 0 Å². The first-order chi connectivity index (χ1) is 9.56. The highest BCUT2D eigenvalue weighted by molar-refractivity contribution is 5.86. The molecule has 0 heterocycles. The van der Waals surface area contributed by atoms with E-state index in [-0.39, 0.29) is 6.04 Å². The van der Waals surface area contributed by atoms with Gasteiger partial charge in [0.05, 0.1) is 0 Å². The van der Waals surface area contributed by atoms with Gasteiger partial charge in [0.15, 0.2) is 0 Å². The van der Waals surface area contributed by atoms with Crippen LogP contribution in [0.3, 0.4) is 0 Å². The zero-order valence-corrected chi connectivity index (χ0v) is 13.1. The highest BCUT2D eigenvalue weighted by atomic mass is 14.7. The van der Waals surface area contributed by atoms with E-state index in [1.807, 2.05) is 0 Å². The molecule has 1 heteroatoms. The lowest BCUT2D eigenvalue weighted by Crippen LogP contribution is -2.37. The maximum absolute atomic E-state index is 6.60. The van der Waals surface area contributed by atoms with E-state index in [4.69, 9.17) is 5.73 Å². The van der Waals surface area contributed by atoms with E-state index in [0.717, 1.165) is 6.42 Å². The summed E-state index contributed by atoms with van der Waals surface area (Å²) >= 11 is 0. The lowest BCUT2D eigenvalue weighted by atomic mass is 9.76. The van der Waals surface area contributed by atoms with Gasteiger partial charge < -0.3 is 5.73 Å². The Morgan fingerprint density at radius 3 is 2.25 bits per heavy atom. The van der Waals surface area contributed by atoms with Crippen molar-refractivity contribution in [2.45, 2.75) is 46.1 Å². The van der Waals surface area contributed by atoms with Gasteiger partial charge >= 0.3 is 0 Å². The molecular weight excluding hydrogens is 242 g/mol. The third-order valence-electron chi connectivity index (χ3n) is 4.62. The average molecular weight is 269 g/mol. The average Bonchev–Trinajstić information content (AvgIpc) is 2.46. The van der Waals surface area contributed by atoms with Crippen LogP contribution < -0.4 is 5.73 Å². The van der Waals surface area contributed by atoms with Crippen molar-refractivity contribution in [3.63, 3.8) is 0 Å². The van der Waals surface area contributed by atoms with Crippen LogP contribution in [0, 0.1) is 11.8 Å². The number of hydrogen-bond acceptors (Lipinski definition) is 1. The molecule has 0 saturated heterocycles. The monoisotopic (exact) mass is 269 g/mol. The topological polar surface area (TPSA) is 26.0 Å². The zero-order valence-electron chi connectivity index (χ0n) is 13.1. The first-order valence-corrected chi connectivity index (χ1v) is 7.79. The summed E-state index contributed by atoms with van der Waals surface area (Å²) in [6, 6.07) is 15.5. The SMILES string of the molecule is CCC(C)C(N)C(c1cccc2ccccc12)C(C)C. The summed E-state index contributed by atoms with van der Waals surface area (Å²) < 4.78 is 0. The van der Waals surface area contributed by atoms with E-state index in [0.29, 0.717) is 17.8 Å². The molecule has 0 amide bonds. The van der Waals surface area contributed by atoms with Gasteiger partial charge in [0, 0.05) is 12.0 Å². The van der Waals surface area contributed by atoms with E-state index in [1.165, 1.54) is 16.3 Å². The molecule has 0 aliphatic heterocycles. The van der Waals surface area contributed by atoms with Gasteiger partial charge in [-0.05, 0) is 28.2 Å². The quantitative estimate of drug-likeness (QED) is 0.816. The molecule has 2 aromatic carbocycles. The predicted octanol–water partition coefficient (Wildman–Crippen LogP) is 4.95. The van der Waals surface area contributed by atoms with Crippen LogP contribution in [0.25, 0.3) is 10.8 Å². The van der Waals surface area contributed by atoms with Gasteiger partial charge in [-0.1, -0.05) is 76.6 Å². The van der Waals surface area contributed by atoms with Crippen LogP contribution in [-0.4, -0.2) is 6.04 Å². The van der Waals surface area contributed by atoms with E-state index in [9.17, 15) is 0 Å². The molecule has 2 aromatic rings. The lowest BCUT2D eigenvalue weighted by molar-refractivity contribution is 0.327. The molecule has 0 aliphatic carbocycles. The standard InChI is InChI=1S/C19H27N/c1-5-14(4)19(20)18(13(2)3)17-12-8-10-15-9-6-7-11-16(15)17/h6-14,18-19H,5,20H2,1-4H3. The number of rotatable bonds is 5. The molecule has 0 fully saturated rings. The Morgan fingerprint density at radius 2 is 1.60 bits per heavy atom. The first-order valence-electron chi connectivity index (χ1n) is 7.79. The summed E-state index contributed by atoms with van der Waals surface area (Å²) in [5, 5.41) is 2.67. The number of hydrogen-bond donors (Lipinski definition) is 1. The molecule has 0 aromatic heterocycles. The second-order valence-corrected chi connectivity index (χ2v) is 6.30. The van der Waals surface area contributed by atoms with Crippen molar-refractivity contribution >= 4 is 10.8 Å². The van der Waals surface area contributed by atoms with Crippen LogP contribution in [-0.2, 0) is 0 Å². The number of benzene rings is 2. The maximum Gasteiger partial charge on any atom is 0.0136 e. The van der Waals surface area contributed by atoms with Gasteiger partial charge in [0.1, 0.15) is 0 Å². The molecular formula is C19H27N. The van der Waals surface area contributed by atoms with Crippen LogP contribution in [0.1, 0.15) is 45.6 Å². The van der Waals surface area contributed by atoms with Crippen molar-refractivity contribution in [1.29, 1.82) is 0 Å². The molecule has 0 saturated carbocycles. The van der Waals surface area contributed by atoms with Gasteiger partial charge in [0.25, 0.3) is 0 Å². The summed E-state index contributed by atoms with van der Waals surface area (Å²) in [5.41, 5.74) is 8.00. The zero-order chi connectivity index (χ0) is 14.7. The van der Waals surface area contributed by atoms with Gasteiger partial charge in [0.2, 0.25) is 0 Å². The molecule has 2 N–H and O–H groups in total.